The third kappa shape index (κ3) is 4.10. The van der Waals surface area contributed by atoms with Crippen LogP contribution in [0.3, 0.4) is 0 Å². The summed E-state index contributed by atoms with van der Waals surface area (Å²) in [4.78, 5) is 13.9. The summed E-state index contributed by atoms with van der Waals surface area (Å²) in [7, 11) is 0. The van der Waals surface area contributed by atoms with Gasteiger partial charge in [0.1, 0.15) is 0 Å². The van der Waals surface area contributed by atoms with Crippen molar-refractivity contribution in [2.24, 2.45) is 0 Å². The van der Waals surface area contributed by atoms with Gasteiger partial charge in [0.2, 0.25) is 5.91 Å². The number of hydrogen-bond donors (Lipinski definition) is 2. The zero-order valence-electron chi connectivity index (χ0n) is 10.4. The molecule has 94 valence electrons. The molecule has 1 unspecified atom stereocenters. The molecular formula is C12H24N2O2. The number of piperidine rings is 1. The predicted molar refractivity (Wildman–Crippen MR) is 64.2 cm³/mol. The molecular weight excluding hydrogens is 204 g/mol. The molecule has 16 heavy (non-hydrogen) atoms. The van der Waals surface area contributed by atoms with E-state index in [1.807, 2.05) is 11.8 Å². The van der Waals surface area contributed by atoms with Gasteiger partial charge in [0.15, 0.2) is 0 Å². The fraction of sp³-hybridized carbons (Fsp3) is 0.917. The van der Waals surface area contributed by atoms with Gasteiger partial charge in [0.25, 0.3) is 0 Å². The number of rotatable bonds is 5. The molecule has 4 nitrogen and oxygen atoms in total. The van der Waals surface area contributed by atoms with Gasteiger partial charge in [0, 0.05) is 19.0 Å². The first-order valence-electron chi connectivity index (χ1n) is 6.33. The molecule has 1 amide bonds. The monoisotopic (exact) mass is 228 g/mol. The van der Waals surface area contributed by atoms with Gasteiger partial charge in [0.05, 0.1) is 6.10 Å². The van der Waals surface area contributed by atoms with Gasteiger partial charge in [-0.3, -0.25) is 4.79 Å². The summed E-state index contributed by atoms with van der Waals surface area (Å²) < 4.78 is 0. The zero-order valence-corrected chi connectivity index (χ0v) is 10.4. The van der Waals surface area contributed by atoms with Crippen molar-refractivity contribution in [2.75, 3.05) is 19.6 Å². The highest BCUT2D eigenvalue weighted by molar-refractivity contribution is 5.76. The van der Waals surface area contributed by atoms with E-state index >= 15 is 0 Å². The van der Waals surface area contributed by atoms with Crippen molar-refractivity contribution in [3.05, 3.63) is 0 Å². The van der Waals surface area contributed by atoms with Crippen LogP contribution >= 0.6 is 0 Å². The molecule has 1 aliphatic heterocycles. The van der Waals surface area contributed by atoms with Crippen LogP contribution in [0.5, 0.6) is 0 Å². The van der Waals surface area contributed by atoms with E-state index in [1.165, 1.54) is 0 Å². The van der Waals surface area contributed by atoms with Gasteiger partial charge in [-0.15, -0.1) is 0 Å². The van der Waals surface area contributed by atoms with Gasteiger partial charge in [-0.05, 0) is 46.2 Å². The molecule has 1 rings (SSSR count). The number of aliphatic hydroxyl groups excluding tert-OH is 1. The summed E-state index contributed by atoms with van der Waals surface area (Å²) >= 11 is 0. The quantitative estimate of drug-likeness (QED) is 0.730. The van der Waals surface area contributed by atoms with Crippen molar-refractivity contribution >= 4 is 5.91 Å². The van der Waals surface area contributed by atoms with E-state index in [4.69, 9.17) is 0 Å². The fourth-order valence-electron chi connectivity index (χ4n) is 2.23. The summed E-state index contributed by atoms with van der Waals surface area (Å²) in [6.45, 7) is 6.55. The molecule has 0 aromatic heterocycles. The first-order chi connectivity index (χ1) is 7.65. The van der Waals surface area contributed by atoms with Crippen LogP contribution in [-0.4, -0.2) is 47.7 Å². The van der Waals surface area contributed by atoms with Crippen LogP contribution in [-0.2, 0) is 4.79 Å². The molecule has 0 spiro atoms. The van der Waals surface area contributed by atoms with Crippen molar-refractivity contribution in [1.29, 1.82) is 0 Å². The third-order valence-corrected chi connectivity index (χ3v) is 3.19. The number of carbonyl (C=O) groups is 1. The molecule has 0 bridgehead atoms. The number of amides is 1. The first-order valence-corrected chi connectivity index (χ1v) is 6.33. The lowest BCUT2D eigenvalue weighted by atomic mass is 10.0. The summed E-state index contributed by atoms with van der Waals surface area (Å²) in [5, 5.41) is 12.5. The molecule has 0 radical (unpaired) electrons. The number of hydrogen-bond acceptors (Lipinski definition) is 3. The molecule has 1 atom stereocenters. The highest BCUT2D eigenvalue weighted by atomic mass is 16.3. The van der Waals surface area contributed by atoms with E-state index in [-0.39, 0.29) is 12.0 Å². The van der Waals surface area contributed by atoms with Crippen LogP contribution in [0.4, 0.5) is 0 Å². The van der Waals surface area contributed by atoms with Gasteiger partial charge in [-0.25, -0.2) is 0 Å². The average Bonchev–Trinajstić information content (AvgIpc) is 2.29. The van der Waals surface area contributed by atoms with E-state index < -0.39 is 0 Å². The molecule has 0 aromatic carbocycles. The van der Waals surface area contributed by atoms with Gasteiger partial charge < -0.3 is 15.3 Å². The normalized spacial score (nSPS) is 19.4. The molecule has 4 heteroatoms. The molecule has 1 saturated heterocycles. The summed E-state index contributed by atoms with van der Waals surface area (Å²) in [6.07, 6.45) is 2.76. The maximum absolute atomic E-state index is 12.0. The number of aliphatic hydroxyl groups is 1. The van der Waals surface area contributed by atoms with Crippen LogP contribution in [0.25, 0.3) is 0 Å². The van der Waals surface area contributed by atoms with E-state index in [0.717, 1.165) is 32.5 Å². The SMILES string of the molecule is CCN(C(=O)CCC(C)O)C1CCNCC1. The van der Waals surface area contributed by atoms with Crippen molar-refractivity contribution in [1.82, 2.24) is 10.2 Å². The van der Waals surface area contributed by atoms with Crippen molar-refractivity contribution in [3.63, 3.8) is 0 Å². The maximum atomic E-state index is 12.0. The molecule has 0 aromatic rings. The zero-order chi connectivity index (χ0) is 12.0. The largest absolute Gasteiger partial charge is 0.393 e. The molecule has 1 fully saturated rings. The van der Waals surface area contributed by atoms with Crippen LogP contribution in [0.15, 0.2) is 0 Å². The Morgan fingerprint density at radius 1 is 1.50 bits per heavy atom. The predicted octanol–water partition coefficient (Wildman–Crippen LogP) is 0.748. The summed E-state index contributed by atoms with van der Waals surface area (Å²) in [5.41, 5.74) is 0. The standard InChI is InChI=1S/C12H24N2O2/c1-3-14(11-6-8-13-9-7-11)12(16)5-4-10(2)15/h10-11,13,15H,3-9H2,1-2H3. The van der Waals surface area contributed by atoms with Crippen molar-refractivity contribution in [2.45, 2.75) is 51.7 Å². The van der Waals surface area contributed by atoms with Crippen LogP contribution < -0.4 is 5.32 Å². The van der Waals surface area contributed by atoms with E-state index in [0.29, 0.717) is 18.9 Å². The lowest BCUT2D eigenvalue weighted by Gasteiger charge is -2.34. The fourth-order valence-corrected chi connectivity index (χ4v) is 2.23. The Morgan fingerprint density at radius 2 is 2.12 bits per heavy atom. The minimum atomic E-state index is -0.379. The van der Waals surface area contributed by atoms with Gasteiger partial charge in [-0.2, -0.15) is 0 Å². The lowest BCUT2D eigenvalue weighted by molar-refractivity contribution is -0.134. The average molecular weight is 228 g/mol. The topological polar surface area (TPSA) is 52.6 Å². The number of nitrogens with zero attached hydrogens (tertiary/aromatic N) is 1. The molecule has 1 aliphatic rings. The summed E-state index contributed by atoms with van der Waals surface area (Å²) in [6, 6.07) is 0.396. The Bertz CT molecular complexity index is 213. The van der Waals surface area contributed by atoms with E-state index in [1.54, 1.807) is 6.92 Å². The van der Waals surface area contributed by atoms with E-state index in [9.17, 15) is 9.90 Å². The second-order valence-corrected chi connectivity index (χ2v) is 4.55. The lowest BCUT2D eigenvalue weighted by Crippen LogP contribution is -2.46. The van der Waals surface area contributed by atoms with Crippen LogP contribution in [0, 0.1) is 0 Å². The Hall–Kier alpha value is -0.610. The highest BCUT2D eigenvalue weighted by Crippen LogP contribution is 2.13. The molecule has 0 saturated carbocycles. The van der Waals surface area contributed by atoms with Crippen molar-refractivity contribution in [3.8, 4) is 0 Å². The summed E-state index contributed by atoms with van der Waals surface area (Å²) in [5.74, 6) is 0.190. The minimum Gasteiger partial charge on any atom is -0.393 e. The second-order valence-electron chi connectivity index (χ2n) is 4.55. The Kier molecular flexibility index (Phi) is 5.77. The minimum absolute atomic E-state index is 0.190. The van der Waals surface area contributed by atoms with Crippen molar-refractivity contribution < 1.29 is 9.90 Å². The van der Waals surface area contributed by atoms with Gasteiger partial charge >= 0.3 is 0 Å². The number of nitrogens with one attached hydrogen (secondary N) is 1. The van der Waals surface area contributed by atoms with Crippen LogP contribution in [0.1, 0.15) is 39.5 Å². The molecule has 2 N–H and O–H groups in total. The molecule has 1 heterocycles. The Morgan fingerprint density at radius 3 is 2.62 bits per heavy atom. The van der Waals surface area contributed by atoms with Gasteiger partial charge in [-0.1, -0.05) is 0 Å². The number of carbonyl (C=O) groups excluding carboxylic acids is 1. The third-order valence-electron chi connectivity index (χ3n) is 3.19. The second kappa shape index (κ2) is 6.86. The van der Waals surface area contributed by atoms with E-state index in [2.05, 4.69) is 5.32 Å². The first kappa shape index (κ1) is 13.5. The smallest absolute Gasteiger partial charge is 0.222 e. The Labute approximate surface area is 98.0 Å². The highest BCUT2D eigenvalue weighted by Gasteiger charge is 2.23. The van der Waals surface area contributed by atoms with Crippen LogP contribution in [0.2, 0.25) is 0 Å². The molecule has 0 aliphatic carbocycles. The maximum Gasteiger partial charge on any atom is 0.222 e. The Balaban J connectivity index is 2.41.